The average Bonchev–Trinajstić information content (AvgIpc) is 3.00. The molecule has 0 bridgehead atoms. The Labute approximate surface area is 145 Å². The Bertz CT molecular complexity index is 844. The quantitative estimate of drug-likeness (QED) is 0.407. The van der Waals surface area contributed by atoms with Crippen molar-refractivity contribution in [3.05, 3.63) is 76.2 Å². The number of benzene rings is 1. The van der Waals surface area contributed by atoms with E-state index >= 15 is 0 Å². The fourth-order valence-corrected chi connectivity index (χ4v) is 2.66. The van der Waals surface area contributed by atoms with Crippen molar-refractivity contribution in [2.75, 3.05) is 6.54 Å². The van der Waals surface area contributed by atoms with Crippen molar-refractivity contribution in [2.45, 2.75) is 13.0 Å². The molecule has 1 N–H and O–H groups in total. The summed E-state index contributed by atoms with van der Waals surface area (Å²) >= 11 is 0. The molecular formula is C18H19N5O2. The molecule has 128 valence electrons. The Morgan fingerprint density at radius 2 is 1.88 bits per heavy atom. The summed E-state index contributed by atoms with van der Waals surface area (Å²) in [7, 11) is 1.91. The van der Waals surface area contributed by atoms with Crippen LogP contribution < -0.4 is 5.32 Å². The zero-order valence-electron chi connectivity index (χ0n) is 13.9. The number of hydrogen-bond donors (Lipinski definition) is 1. The third kappa shape index (κ3) is 4.27. The first-order valence-corrected chi connectivity index (χ1v) is 8.00. The average molecular weight is 337 g/mol. The molecular weight excluding hydrogens is 318 g/mol. The normalized spacial score (nSPS) is 10.8. The van der Waals surface area contributed by atoms with E-state index in [1.54, 1.807) is 24.5 Å². The highest BCUT2D eigenvalue weighted by molar-refractivity contribution is 5.61. The van der Waals surface area contributed by atoms with Crippen molar-refractivity contribution in [2.24, 2.45) is 7.05 Å². The van der Waals surface area contributed by atoms with E-state index in [0.29, 0.717) is 6.54 Å². The lowest BCUT2D eigenvalue weighted by Crippen LogP contribution is -2.16. The second-order valence-corrected chi connectivity index (χ2v) is 5.76. The lowest BCUT2D eigenvalue weighted by Gasteiger charge is -2.05. The maximum absolute atomic E-state index is 10.7. The standard InChI is InChI=1S/C18H19N5O2/c1-22-13-16(18(21-22)15-7-10-19-11-8-15)12-20-9-6-14-2-4-17(5-3-14)23(24)25/h2-5,7-8,10-11,13,20H,6,9,12H2,1H3. The lowest BCUT2D eigenvalue weighted by atomic mass is 10.1. The first kappa shape index (κ1) is 16.8. The van der Waals surface area contributed by atoms with Crippen LogP contribution in [-0.2, 0) is 20.0 Å². The number of pyridine rings is 1. The van der Waals surface area contributed by atoms with Crippen LogP contribution in [0.3, 0.4) is 0 Å². The van der Waals surface area contributed by atoms with Crippen molar-refractivity contribution in [1.82, 2.24) is 20.1 Å². The van der Waals surface area contributed by atoms with Gasteiger partial charge < -0.3 is 5.32 Å². The highest BCUT2D eigenvalue weighted by atomic mass is 16.6. The van der Waals surface area contributed by atoms with Crippen molar-refractivity contribution in [3.63, 3.8) is 0 Å². The molecule has 0 amide bonds. The topological polar surface area (TPSA) is 85.9 Å². The van der Waals surface area contributed by atoms with E-state index < -0.39 is 0 Å². The number of aromatic nitrogens is 3. The van der Waals surface area contributed by atoms with Gasteiger partial charge in [0, 0.05) is 55.4 Å². The Balaban J connectivity index is 1.57. The van der Waals surface area contributed by atoms with Crippen LogP contribution >= 0.6 is 0 Å². The molecule has 3 aromatic rings. The number of hydrogen-bond acceptors (Lipinski definition) is 5. The van der Waals surface area contributed by atoms with Gasteiger partial charge in [0.05, 0.1) is 10.6 Å². The molecule has 0 unspecified atom stereocenters. The summed E-state index contributed by atoms with van der Waals surface area (Å²) in [6, 6.07) is 10.6. The Kier molecular flexibility index (Phi) is 5.15. The van der Waals surface area contributed by atoms with Crippen molar-refractivity contribution >= 4 is 5.69 Å². The van der Waals surface area contributed by atoms with Gasteiger partial charge in [-0.05, 0) is 30.7 Å². The van der Waals surface area contributed by atoms with Crippen LogP contribution in [0.15, 0.2) is 55.0 Å². The SMILES string of the molecule is Cn1cc(CNCCc2ccc([N+](=O)[O-])cc2)c(-c2ccncc2)n1. The highest BCUT2D eigenvalue weighted by Gasteiger charge is 2.09. The van der Waals surface area contributed by atoms with Gasteiger partial charge in [-0.2, -0.15) is 5.10 Å². The van der Waals surface area contributed by atoms with Crippen LogP contribution in [0.2, 0.25) is 0 Å². The van der Waals surface area contributed by atoms with E-state index in [9.17, 15) is 10.1 Å². The smallest absolute Gasteiger partial charge is 0.269 e. The summed E-state index contributed by atoms with van der Waals surface area (Å²) in [5, 5.41) is 18.6. The highest BCUT2D eigenvalue weighted by Crippen LogP contribution is 2.20. The van der Waals surface area contributed by atoms with Gasteiger partial charge in [0.2, 0.25) is 0 Å². The van der Waals surface area contributed by atoms with Crippen molar-refractivity contribution in [1.29, 1.82) is 0 Å². The van der Waals surface area contributed by atoms with Crippen LogP contribution in [-0.4, -0.2) is 26.2 Å². The maximum Gasteiger partial charge on any atom is 0.269 e. The second kappa shape index (κ2) is 7.67. The van der Waals surface area contributed by atoms with Crippen LogP contribution in [0.1, 0.15) is 11.1 Å². The predicted octanol–water partition coefficient (Wildman–Crippen LogP) is 2.72. The largest absolute Gasteiger partial charge is 0.312 e. The molecule has 0 spiro atoms. The fourth-order valence-electron chi connectivity index (χ4n) is 2.66. The molecule has 0 saturated carbocycles. The number of nitrogens with one attached hydrogen (secondary N) is 1. The zero-order valence-corrected chi connectivity index (χ0v) is 13.9. The van der Waals surface area contributed by atoms with Gasteiger partial charge in [-0.15, -0.1) is 0 Å². The molecule has 7 nitrogen and oxygen atoms in total. The van der Waals surface area contributed by atoms with Gasteiger partial charge in [-0.25, -0.2) is 0 Å². The van der Waals surface area contributed by atoms with Gasteiger partial charge in [0.1, 0.15) is 0 Å². The zero-order chi connectivity index (χ0) is 17.6. The number of nitro benzene ring substituents is 1. The lowest BCUT2D eigenvalue weighted by molar-refractivity contribution is -0.384. The third-order valence-electron chi connectivity index (χ3n) is 3.91. The molecule has 0 saturated heterocycles. The first-order chi connectivity index (χ1) is 12.1. The van der Waals surface area contributed by atoms with Crippen LogP contribution in [0.25, 0.3) is 11.3 Å². The molecule has 0 aliphatic carbocycles. The van der Waals surface area contributed by atoms with E-state index in [1.807, 2.05) is 30.1 Å². The molecule has 25 heavy (non-hydrogen) atoms. The summed E-state index contributed by atoms with van der Waals surface area (Å²) < 4.78 is 1.81. The number of aryl methyl sites for hydroxylation is 1. The van der Waals surface area contributed by atoms with Crippen LogP contribution in [0.4, 0.5) is 5.69 Å². The molecule has 0 atom stereocenters. The number of non-ortho nitro benzene ring substituents is 1. The van der Waals surface area contributed by atoms with E-state index in [1.165, 1.54) is 12.1 Å². The molecule has 2 heterocycles. The van der Waals surface area contributed by atoms with Crippen molar-refractivity contribution < 1.29 is 4.92 Å². The number of nitrogens with zero attached hydrogens (tertiary/aromatic N) is 4. The molecule has 1 aromatic carbocycles. The monoisotopic (exact) mass is 337 g/mol. The first-order valence-electron chi connectivity index (χ1n) is 8.00. The number of nitro groups is 1. The van der Waals surface area contributed by atoms with E-state index in [4.69, 9.17) is 0 Å². The fraction of sp³-hybridized carbons (Fsp3) is 0.222. The van der Waals surface area contributed by atoms with Gasteiger partial charge in [-0.3, -0.25) is 19.8 Å². The van der Waals surface area contributed by atoms with E-state index in [2.05, 4.69) is 15.4 Å². The summed E-state index contributed by atoms with van der Waals surface area (Å²) in [5.74, 6) is 0. The van der Waals surface area contributed by atoms with Crippen molar-refractivity contribution in [3.8, 4) is 11.3 Å². The molecule has 0 fully saturated rings. The number of rotatable bonds is 7. The van der Waals surface area contributed by atoms with Gasteiger partial charge in [0.25, 0.3) is 5.69 Å². The van der Waals surface area contributed by atoms with E-state index in [0.717, 1.165) is 35.3 Å². The summed E-state index contributed by atoms with van der Waals surface area (Å²) in [5.41, 5.74) is 4.31. The molecule has 7 heteroatoms. The maximum atomic E-state index is 10.7. The predicted molar refractivity (Wildman–Crippen MR) is 94.9 cm³/mol. The summed E-state index contributed by atoms with van der Waals surface area (Å²) in [4.78, 5) is 14.3. The van der Waals surface area contributed by atoms with Gasteiger partial charge in [-0.1, -0.05) is 12.1 Å². The molecule has 2 aromatic heterocycles. The van der Waals surface area contributed by atoms with Crippen LogP contribution in [0, 0.1) is 10.1 Å². The molecule has 0 aliphatic heterocycles. The molecule has 0 aliphatic rings. The minimum absolute atomic E-state index is 0.120. The van der Waals surface area contributed by atoms with Gasteiger partial charge >= 0.3 is 0 Å². The Hall–Kier alpha value is -3.06. The molecule has 3 rings (SSSR count). The Morgan fingerprint density at radius 3 is 2.56 bits per heavy atom. The van der Waals surface area contributed by atoms with Crippen LogP contribution in [0.5, 0.6) is 0 Å². The minimum atomic E-state index is -0.384. The third-order valence-corrected chi connectivity index (χ3v) is 3.91. The van der Waals surface area contributed by atoms with E-state index in [-0.39, 0.29) is 10.6 Å². The molecule has 0 radical (unpaired) electrons. The summed E-state index contributed by atoms with van der Waals surface area (Å²) in [6.07, 6.45) is 6.34. The second-order valence-electron chi connectivity index (χ2n) is 5.76. The summed E-state index contributed by atoms with van der Waals surface area (Å²) in [6.45, 7) is 1.49. The minimum Gasteiger partial charge on any atom is -0.312 e. The van der Waals surface area contributed by atoms with Gasteiger partial charge in [0.15, 0.2) is 0 Å². The Morgan fingerprint density at radius 1 is 1.16 bits per heavy atom.